The van der Waals surface area contributed by atoms with Crippen LogP contribution in [0, 0.1) is 18.8 Å². The number of ether oxygens (including phenoxy) is 1. The zero-order chi connectivity index (χ0) is 12.4. The first-order chi connectivity index (χ1) is 8.08. The van der Waals surface area contributed by atoms with Crippen LogP contribution < -0.4 is 4.74 Å². The minimum Gasteiger partial charge on any atom is -0.491 e. The van der Waals surface area contributed by atoms with E-state index in [0.717, 1.165) is 18.3 Å². The Labute approximate surface area is 104 Å². The zero-order valence-corrected chi connectivity index (χ0v) is 11.4. The number of hydrogen-bond donors (Lipinski definition) is 0. The van der Waals surface area contributed by atoms with Gasteiger partial charge < -0.3 is 4.74 Å². The molecule has 0 aliphatic heterocycles. The van der Waals surface area contributed by atoms with Crippen molar-refractivity contribution in [3.8, 4) is 5.75 Å². The van der Waals surface area contributed by atoms with Crippen LogP contribution in [0.1, 0.15) is 50.8 Å². The van der Waals surface area contributed by atoms with E-state index in [9.17, 15) is 0 Å². The minimum absolute atomic E-state index is 0.506. The van der Waals surface area contributed by atoms with Crippen molar-refractivity contribution in [2.45, 2.75) is 46.5 Å². The van der Waals surface area contributed by atoms with E-state index in [1.54, 1.807) is 0 Å². The van der Waals surface area contributed by atoms with Gasteiger partial charge in [0.2, 0.25) is 0 Å². The highest BCUT2D eigenvalue weighted by Crippen LogP contribution is 2.31. The van der Waals surface area contributed by atoms with Gasteiger partial charge in [0.15, 0.2) is 0 Å². The van der Waals surface area contributed by atoms with E-state index in [-0.39, 0.29) is 0 Å². The Balaban J connectivity index is 2.04. The molecule has 94 valence electrons. The molecule has 17 heavy (non-hydrogen) atoms. The lowest BCUT2D eigenvalue weighted by Crippen LogP contribution is -2.06. The number of rotatable bonds is 5. The van der Waals surface area contributed by atoms with Gasteiger partial charge in [0.1, 0.15) is 5.75 Å². The summed E-state index contributed by atoms with van der Waals surface area (Å²) >= 11 is 0. The molecule has 1 saturated carbocycles. The third-order valence-corrected chi connectivity index (χ3v) is 3.72. The van der Waals surface area contributed by atoms with Gasteiger partial charge in [-0.25, -0.2) is 0 Å². The molecule has 2 heteroatoms. The summed E-state index contributed by atoms with van der Waals surface area (Å²) in [5.41, 5.74) is 2.39. The van der Waals surface area contributed by atoms with E-state index in [0.29, 0.717) is 11.8 Å². The van der Waals surface area contributed by atoms with Gasteiger partial charge in [-0.05, 0) is 43.2 Å². The molecule has 0 saturated heterocycles. The van der Waals surface area contributed by atoms with Gasteiger partial charge in [0.05, 0.1) is 12.8 Å². The molecule has 0 amide bonds. The first-order valence-corrected chi connectivity index (χ1v) is 6.67. The van der Waals surface area contributed by atoms with Crippen molar-refractivity contribution in [1.29, 1.82) is 0 Å². The number of aromatic nitrogens is 1. The highest BCUT2D eigenvalue weighted by atomic mass is 16.5. The summed E-state index contributed by atoms with van der Waals surface area (Å²) in [6, 6.07) is 2.17. The molecule has 1 atom stereocenters. The van der Waals surface area contributed by atoms with E-state index in [4.69, 9.17) is 4.74 Å². The second-order valence-electron chi connectivity index (χ2n) is 5.66. The molecule has 1 unspecified atom stereocenters. The summed E-state index contributed by atoms with van der Waals surface area (Å²) in [5, 5.41) is 0. The fourth-order valence-electron chi connectivity index (χ4n) is 1.80. The van der Waals surface area contributed by atoms with E-state index >= 15 is 0 Å². The smallest absolute Gasteiger partial charge is 0.140 e. The van der Waals surface area contributed by atoms with Gasteiger partial charge in [0, 0.05) is 11.6 Å². The van der Waals surface area contributed by atoms with Crippen LogP contribution in [0.25, 0.3) is 0 Å². The average molecular weight is 233 g/mol. The quantitative estimate of drug-likeness (QED) is 0.768. The molecule has 0 spiro atoms. The van der Waals surface area contributed by atoms with Crippen LogP contribution in [-0.2, 0) is 0 Å². The maximum absolute atomic E-state index is 5.79. The maximum Gasteiger partial charge on any atom is 0.140 e. The van der Waals surface area contributed by atoms with Gasteiger partial charge in [-0.3, -0.25) is 4.98 Å². The molecule has 0 aromatic carbocycles. The van der Waals surface area contributed by atoms with Crippen molar-refractivity contribution in [2.24, 2.45) is 11.8 Å². The van der Waals surface area contributed by atoms with Crippen LogP contribution in [0.2, 0.25) is 0 Å². The molecule has 1 aliphatic carbocycles. The highest BCUT2D eigenvalue weighted by Gasteiger charge is 2.22. The molecule has 1 aliphatic rings. The maximum atomic E-state index is 5.79. The molecule has 0 bridgehead atoms. The summed E-state index contributed by atoms with van der Waals surface area (Å²) in [7, 11) is 0. The molecule has 1 aromatic rings. The predicted molar refractivity (Wildman–Crippen MR) is 70.4 cm³/mol. The van der Waals surface area contributed by atoms with E-state index in [1.807, 2.05) is 6.20 Å². The van der Waals surface area contributed by atoms with E-state index < -0.39 is 0 Å². The molecule has 1 aromatic heterocycles. The van der Waals surface area contributed by atoms with Crippen molar-refractivity contribution in [1.82, 2.24) is 4.98 Å². The van der Waals surface area contributed by atoms with Gasteiger partial charge in [-0.1, -0.05) is 20.8 Å². The van der Waals surface area contributed by atoms with Crippen LogP contribution in [0.4, 0.5) is 0 Å². The Morgan fingerprint density at radius 2 is 2.06 bits per heavy atom. The molecule has 1 heterocycles. The van der Waals surface area contributed by atoms with Gasteiger partial charge in [0.25, 0.3) is 0 Å². The number of hydrogen-bond acceptors (Lipinski definition) is 2. The minimum atomic E-state index is 0.506. The topological polar surface area (TPSA) is 22.1 Å². The van der Waals surface area contributed by atoms with Crippen LogP contribution in [0.15, 0.2) is 12.3 Å². The molecule has 0 radical (unpaired) electrons. The van der Waals surface area contributed by atoms with Gasteiger partial charge in [-0.2, -0.15) is 0 Å². The molecule has 0 N–H and O–H groups in total. The number of nitrogens with zero attached hydrogens (tertiary/aromatic N) is 1. The Kier molecular flexibility index (Phi) is 3.70. The van der Waals surface area contributed by atoms with E-state index in [1.165, 1.54) is 24.1 Å². The predicted octanol–water partition coefficient (Wildman–Crippen LogP) is 3.94. The van der Waals surface area contributed by atoms with Crippen LogP contribution in [-0.4, -0.2) is 11.6 Å². The Hall–Kier alpha value is -1.05. The molecule has 1 fully saturated rings. The Morgan fingerprint density at radius 1 is 1.35 bits per heavy atom. The van der Waals surface area contributed by atoms with E-state index in [2.05, 4.69) is 38.7 Å². The molecular formula is C15H23NO. The summed E-state index contributed by atoms with van der Waals surface area (Å²) in [5.74, 6) is 2.88. The second kappa shape index (κ2) is 5.07. The second-order valence-corrected chi connectivity index (χ2v) is 5.66. The van der Waals surface area contributed by atoms with Crippen molar-refractivity contribution < 1.29 is 4.74 Å². The van der Waals surface area contributed by atoms with Crippen molar-refractivity contribution in [2.75, 3.05) is 6.61 Å². The number of aryl methyl sites for hydroxylation is 1. The monoisotopic (exact) mass is 233 g/mol. The third-order valence-electron chi connectivity index (χ3n) is 3.72. The lowest BCUT2D eigenvalue weighted by atomic mass is 9.93. The van der Waals surface area contributed by atoms with Crippen molar-refractivity contribution in [3.05, 3.63) is 23.5 Å². The van der Waals surface area contributed by atoms with Gasteiger partial charge >= 0.3 is 0 Å². The van der Waals surface area contributed by atoms with Crippen molar-refractivity contribution >= 4 is 0 Å². The fraction of sp³-hybridized carbons (Fsp3) is 0.667. The summed E-state index contributed by atoms with van der Waals surface area (Å²) in [6.07, 6.45) is 4.55. The average Bonchev–Trinajstić information content (AvgIpc) is 3.10. The van der Waals surface area contributed by atoms with Crippen LogP contribution in [0.3, 0.4) is 0 Å². The first kappa shape index (κ1) is 12.4. The van der Waals surface area contributed by atoms with Crippen LogP contribution >= 0.6 is 0 Å². The largest absolute Gasteiger partial charge is 0.491 e. The number of pyridine rings is 1. The third kappa shape index (κ3) is 3.21. The molecular weight excluding hydrogens is 210 g/mol. The SMILES string of the molecule is Cc1cc(C(C)C(C)C)ncc1OCC1CC1. The normalized spacial score (nSPS) is 17.2. The highest BCUT2D eigenvalue weighted by molar-refractivity contribution is 5.32. The zero-order valence-electron chi connectivity index (χ0n) is 11.4. The Bertz CT molecular complexity index is 383. The summed E-state index contributed by atoms with van der Waals surface area (Å²) in [4.78, 5) is 4.53. The van der Waals surface area contributed by atoms with Crippen LogP contribution in [0.5, 0.6) is 5.75 Å². The fourth-order valence-corrected chi connectivity index (χ4v) is 1.80. The molecule has 2 nitrogen and oxygen atoms in total. The first-order valence-electron chi connectivity index (χ1n) is 6.67. The summed E-state index contributed by atoms with van der Waals surface area (Å²) < 4.78 is 5.79. The molecule has 2 rings (SSSR count). The Morgan fingerprint density at radius 3 is 2.59 bits per heavy atom. The summed E-state index contributed by atoms with van der Waals surface area (Å²) in [6.45, 7) is 9.68. The standard InChI is InChI=1S/C15H23NO/c1-10(2)12(4)14-7-11(3)15(8-16-14)17-9-13-5-6-13/h7-8,10,12-13H,5-6,9H2,1-4H3. The van der Waals surface area contributed by atoms with Gasteiger partial charge in [-0.15, -0.1) is 0 Å². The van der Waals surface area contributed by atoms with Crippen molar-refractivity contribution in [3.63, 3.8) is 0 Å². The lowest BCUT2D eigenvalue weighted by molar-refractivity contribution is 0.296. The lowest BCUT2D eigenvalue weighted by Gasteiger charge is -2.16.